The Kier molecular flexibility index (Phi) is 3.10. The van der Waals surface area contributed by atoms with E-state index in [-0.39, 0.29) is 17.5 Å². The molecule has 3 N–H and O–H groups in total. The Morgan fingerprint density at radius 2 is 2.00 bits per heavy atom. The maximum atomic E-state index is 12.0. The van der Waals surface area contributed by atoms with E-state index in [0.717, 1.165) is 19.4 Å². The summed E-state index contributed by atoms with van der Waals surface area (Å²) in [7, 11) is 0. The number of nitrogens with zero attached hydrogens (tertiary/aromatic N) is 1. The summed E-state index contributed by atoms with van der Waals surface area (Å²) in [6.07, 6.45) is 4.76. The van der Waals surface area contributed by atoms with Crippen LogP contribution in [0.2, 0.25) is 0 Å². The maximum absolute atomic E-state index is 12.0. The van der Waals surface area contributed by atoms with Gasteiger partial charge >= 0.3 is 6.03 Å². The average molecular weight is 225 g/mol. The van der Waals surface area contributed by atoms with Crippen molar-refractivity contribution in [2.45, 2.75) is 51.6 Å². The highest BCUT2D eigenvalue weighted by molar-refractivity contribution is 5.75. The van der Waals surface area contributed by atoms with Gasteiger partial charge in [0.1, 0.15) is 0 Å². The molecule has 2 fully saturated rings. The van der Waals surface area contributed by atoms with Gasteiger partial charge in [0.05, 0.1) is 0 Å². The molecule has 1 atom stereocenters. The lowest BCUT2D eigenvalue weighted by atomic mass is 9.89. The zero-order valence-electron chi connectivity index (χ0n) is 10.3. The van der Waals surface area contributed by atoms with Crippen LogP contribution < -0.4 is 11.1 Å². The molecule has 0 aromatic rings. The van der Waals surface area contributed by atoms with E-state index in [9.17, 15) is 4.79 Å². The fourth-order valence-corrected chi connectivity index (χ4v) is 2.65. The number of urea groups is 1. The number of carbonyl (C=O) groups is 1. The van der Waals surface area contributed by atoms with E-state index in [1.807, 2.05) is 4.90 Å². The molecule has 1 heterocycles. The minimum Gasteiger partial charge on any atom is -0.335 e. The van der Waals surface area contributed by atoms with Crippen molar-refractivity contribution in [2.75, 3.05) is 13.1 Å². The van der Waals surface area contributed by atoms with E-state index in [4.69, 9.17) is 5.73 Å². The Hall–Kier alpha value is -0.770. The molecule has 0 radical (unpaired) electrons. The first-order chi connectivity index (χ1) is 7.49. The van der Waals surface area contributed by atoms with Crippen molar-refractivity contribution < 1.29 is 4.79 Å². The van der Waals surface area contributed by atoms with Crippen molar-refractivity contribution in [3.8, 4) is 0 Å². The number of rotatable bonds is 1. The van der Waals surface area contributed by atoms with Crippen LogP contribution in [0.3, 0.4) is 0 Å². The molecular weight excluding hydrogens is 202 g/mol. The average Bonchev–Trinajstić information content (AvgIpc) is 2.76. The number of nitrogens with one attached hydrogen (secondary N) is 1. The summed E-state index contributed by atoms with van der Waals surface area (Å²) < 4.78 is 0. The van der Waals surface area contributed by atoms with Crippen LogP contribution in [0, 0.1) is 5.41 Å². The molecule has 0 spiro atoms. The first-order valence-corrected chi connectivity index (χ1v) is 6.30. The Labute approximate surface area is 97.6 Å². The predicted molar refractivity (Wildman–Crippen MR) is 64.1 cm³/mol. The summed E-state index contributed by atoms with van der Waals surface area (Å²) in [5, 5.41) is 3.11. The smallest absolute Gasteiger partial charge is 0.317 e. The zero-order valence-corrected chi connectivity index (χ0v) is 10.3. The highest BCUT2D eigenvalue weighted by atomic mass is 16.2. The first-order valence-electron chi connectivity index (χ1n) is 6.30. The minimum absolute atomic E-state index is 0.0486. The van der Waals surface area contributed by atoms with E-state index in [0.29, 0.717) is 12.6 Å². The summed E-state index contributed by atoms with van der Waals surface area (Å²) in [6.45, 7) is 5.71. The number of nitrogens with two attached hydrogens (primary N) is 1. The first kappa shape index (κ1) is 11.7. The van der Waals surface area contributed by atoms with Crippen LogP contribution in [-0.4, -0.2) is 36.1 Å². The molecule has 1 aliphatic carbocycles. The van der Waals surface area contributed by atoms with Crippen molar-refractivity contribution in [3.63, 3.8) is 0 Å². The van der Waals surface area contributed by atoms with Crippen LogP contribution in [0.1, 0.15) is 39.5 Å². The van der Waals surface area contributed by atoms with Gasteiger partial charge in [-0.3, -0.25) is 0 Å². The molecule has 0 aromatic heterocycles. The molecule has 1 unspecified atom stereocenters. The zero-order chi connectivity index (χ0) is 11.8. The highest BCUT2D eigenvalue weighted by Gasteiger charge is 2.39. The van der Waals surface area contributed by atoms with Gasteiger partial charge in [-0.2, -0.15) is 0 Å². The number of likely N-dealkylation sites (tertiary alicyclic amines) is 1. The predicted octanol–water partition coefficient (Wildman–Crippen LogP) is 1.31. The number of carbonyl (C=O) groups excluding carboxylic acids is 1. The number of hydrogen-bond donors (Lipinski definition) is 2. The molecule has 2 aliphatic rings. The van der Waals surface area contributed by atoms with E-state index in [2.05, 4.69) is 19.2 Å². The van der Waals surface area contributed by atoms with Gasteiger partial charge in [0.2, 0.25) is 0 Å². The van der Waals surface area contributed by atoms with Crippen molar-refractivity contribution in [2.24, 2.45) is 11.1 Å². The van der Waals surface area contributed by atoms with Gasteiger partial charge in [0.25, 0.3) is 0 Å². The lowest BCUT2D eigenvalue weighted by molar-refractivity contribution is 0.199. The van der Waals surface area contributed by atoms with Crippen LogP contribution in [0.25, 0.3) is 0 Å². The standard InChI is InChI=1S/C12H23N3O/c1-12(2)8-15(7-10(12)13)11(16)14-9-5-3-4-6-9/h9-10H,3-8,13H2,1-2H3,(H,14,16). The Balaban J connectivity index is 1.86. The van der Waals surface area contributed by atoms with Gasteiger partial charge in [-0.25, -0.2) is 4.79 Å². The van der Waals surface area contributed by atoms with Crippen LogP contribution in [0.4, 0.5) is 4.79 Å². The second kappa shape index (κ2) is 4.24. The second-order valence-electron chi connectivity index (χ2n) is 5.91. The summed E-state index contributed by atoms with van der Waals surface area (Å²) >= 11 is 0. The van der Waals surface area contributed by atoms with Gasteiger partial charge in [-0.15, -0.1) is 0 Å². The summed E-state index contributed by atoms with van der Waals surface area (Å²) in [5.41, 5.74) is 6.08. The molecular formula is C12H23N3O. The molecule has 1 saturated heterocycles. The lowest BCUT2D eigenvalue weighted by Gasteiger charge is -2.23. The third-order valence-corrected chi connectivity index (χ3v) is 3.99. The Bertz CT molecular complexity index is 271. The monoisotopic (exact) mass is 225 g/mol. The third-order valence-electron chi connectivity index (χ3n) is 3.99. The summed E-state index contributed by atoms with van der Waals surface area (Å²) in [5.74, 6) is 0. The van der Waals surface area contributed by atoms with E-state index in [1.165, 1.54) is 12.8 Å². The Morgan fingerprint density at radius 3 is 2.50 bits per heavy atom. The topological polar surface area (TPSA) is 58.4 Å². The molecule has 92 valence electrons. The van der Waals surface area contributed by atoms with E-state index in [1.54, 1.807) is 0 Å². The molecule has 1 aliphatic heterocycles. The summed E-state index contributed by atoms with van der Waals surface area (Å²) in [6, 6.07) is 0.571. The molecule has 0 bridgehead atoms. The van der Waals surface area contributed by atoms with Crippen molar-refractivity contribution >= 4 is 6.03 Å². The second-order valence-corrected chi connectivity index (χ2v) is 5.91. The lowest BCUT2D eigenvalue weighted by Crippen LogP contribution is -2.43. The third kappa shape index (κ3) is 2.32. The SMILES string of the molecule is CC1(C)CN(C(=O)NC2CCCC2)CC1N. The quantitative estimate of drug-likeness (QED) is 0.707. The minimum atomic E-state index is 0.0486. The van der Waals surface area contributed by atoms with Crippen LogP contribution >= 0.6 is 0 Å². The number of hydrogen-bond acceptors (Lipinski definition) is 2. The maximum Gasteiger partial charge on any atom is 0.317 e. The molecule has 1 saturated carbocycles. The normalized spacial score (nSPS) is 29.7. The molecule has 4 heteroatoms. The van der Waals surface area contributed by atoms with Gasteiger partial charge in [0, 0.05) is 25.2 Å². The van der Waals surface area contributed by atoms with Crippen molar-refractivity contribution in [1.29, 1.82) is 0 Å². The number of amides is 2. The van der Waals surface area contributed by atoms with Crippen molar-refractivity contribution in [1.82, 2.24) is 10.2 Å². The van der Waals surface area contributed by atoms with Crippen molar-refractivity contribution in [3.05, 3.63) is 0 Å². The van der Waals surface area contributed by atoms with Gasteiger partial charge in [-0.05, 0) is 18.3 Å². The fraction of sp³-hybridized carbons (Fsp3) is 0.917. The molecule has 16 heavy (non-hydrogen) atoms. The molecule has 0 aromatic carbocycles. The van der Waals surface area contributed by atoms with Gasteiger partial charge < -0.3 is 16.0 Å². The highest BCUT2D eigenvalue weighted by Crippen LogP contribution is 2.28. The molecule has 2 rings (SSSR count). The van der Waals surface area contributed by atoms with E-state index >= 15 is 0 Å². The molecule has 4 nitrogen and oxygen atoms in total. The van der Waals surface area contributed by atoms with Crippen LogP contribution in [-0.2, 0) is 0 Å². The Morgan fingerprint density at radius 1 is 1.38 bits per heavy atom. The summed E-state index contributed by atoms with van der Waals surface area (Å²) in [4.78, 5) is 13.9. The van der Waals surface area contributed by atoms with Gasteiger partial charge in [-0.1, -0.05) is 26.7 Å². The largest absolute Gasteiger partial charge is 0.335 e. The molecule has 2 amide bonds. The van der Waals surface area contributed by atoms with Crippen LogP contribution in [0.5, 0.6) is 0 Å². The van der Waals surface area contributed by atoms with E-state index < -0.39 is 0 Å². The van der Waals surface area contributed by atoms with Crippen LogP contribution in [0.15, 0.2) is 0 Å². The fourth-order valence-electron chi connectivity index (χ4n) is 2.65. The van der Waals surface area contributed by atoms with Gasteiger partial charge in [0.15, 0.2) is 0 Å².